The quantitative estimate of drug-likeness (QED) is 0.746. The van der Waals surface area contributed by atoms with Crippen LogP contribution in [-0.4, -0.2) is 22.5 Å². The molecule has 6 heteroatoms. The number of carbonyl (C=O) groups excluding carboxylic acids is 1. The summed E-state index contributed by atoms with van der Waals surface area (Å²) < 4.78 is 5.60. The Hall–Kier alpha value is -2.60. The zero-order chi connectivity index (χ0) is 16.4. The lowest BCUT2D eigenvalue weighted by atomic mass is 10.1. The molecule has 24 heavy (non-hydrogen) atoms. The number of amides is 1. The van der Waals surface area contributed by atoms with Crippen molar-refractivity contribution in [1.82, 2.24) is 9.97 Å². The summed E-state index contributed by atoms with van der Waals surface area (Å²) in [5.74, 6) is 0.542. The van der Waals surface area contributed by atoms with Crippen molar-refractivity contribution in [3.05, 3.63) is 53.0 Å². The van der Waals surface area contributed by atoms with Crippen LogP contribution in [0.2, 0.25) is 0 Å². The lowest BCUT2D eigenvalue weighted by Crippen LogP contribution is -2.20. The molecule has 2 heterocycles. The van der Waals surface area contributed by atoms with Crippen molar-refractivity contribution in [2.75, 3.05) is 11.9 Å². The highest BCUT2D eigenvalue weighted by Gasteiger charge is 2.13. The maximum absolute atomic E-state index is 12.0. The fourth-order valence-electron chi connectivity index (χ4n) is 2.89. The number of aryl methyl sites for hydroxylation is 2. The molecule has 0 bridgehead atoms. The summed E-state index contributed by atoms with van der Waals surface area (Å²) in [6.45, 7) is -0.0177. The number of H-pyrrole nitrogens is 1. The van der Waals surface area contributed by atoms with Crippen molar-refractivity contribution in [3.63, 3.8) is 0 Å². The number of nitrogens with one attached hydrogen (secondary N) is 2. The number of rotatable bonds is 5. The molecule has 1 amide bonds. The molecule has 1 aliphatic rings. The molecule has 0 radical (unpaired) electrons. The van der Waals surface area contributed by atoms with E-state index in [1.807, 2.05) is 35.8 Å². The number of aromatic nitrogens is 2. The third-order valence-corrected chi connectivity index (χ3v) is 4.82. The molecule has 1 aromatic carbocycles. The zero-order valence-electron chi connectivity index (χ0n) is 13.0. The van der Waals surface area contributed by atoms with Crippen LogP contribution in [0.5, 0.6) is 5.75 Å². The topological polar surface area (TPSA) is 67.0 Å². The molecule has 2 N–H and O–H groups in total. The Morgan fingerprint density at radius 1 is 1.29 bits per heavy atom. The molecule has 2 aromatic heterocycles. The minimum Gasteiger partial charge on any atom is -0.484 e. The number of carbonyl (C=O) groups is 1. The minimum atomic E-state index is -0.206. The summed E-state index contributed by atoms with van der Waals surface area (Å²) in [6, 6.07) is 9.93. The molecule has 122 valence electrons. The standard InChI is InChI=1S/C18H17N3O2S/c22-17(10-23-14-7-6-12-3-1-4-13(12)9-14)21-18-20-16(11-24-18)15-5-2-8-19-15/h2,5-9,11,19H,1,3-4,10H2,(H,20,21,22). The van der Waals surface area contributed by atoms with Crippen molar-refractivity contribution in [1.29, 1.82) is 0 Å². The molecule has 1 aliphatic carbocycles. The van der Waals surface area contributed by atoms with Gasteiger partial charge in [-0.2, -0.15) is 0 Å². The first-order valence-electron chi connectivity index (χ1n) is 7.92. The van der Waals surface area contributed by atoms with E-state index in [1.165, 1.54) is 28.9 Å². The molecule has 0 saturated heterocycles. The van der Waals surface area contributed by atoms with Crippen LogP contribution in [0.15, 0.2) is 41.9 Å². The number of aromatic amines is 1. The van der Waals surface area contributed by atoms with Gasteiger partial charge in [0.2, 0.25) is 0 Å². The number of hydrogen-bond acceptors (Lipinski definition) is 4. The molecule has 0 atom stereocenters. The Labute approximate surface area is 143 Å². The molecule has 5 nitrogen and oxygen atoms in total. The summed E-state index contributed by atoms with van der Waals surface area (Å²) in [5, 5.41) is 5.25. The highest BCUT2D eigenvalue weighted by Crippen LogP contribution is 2.26. The smallest absolute Gasteiger partial charge is 0.264 e. The van der Waals surface area contributed by atoms with E-state index in [-0.39, 0.29) is 12.5 Å². The summed E-state index contributed by atoms with van der Waals surface area (Å²) in [6.07, 6.45) is 5.28. The van der Waals surface area contributed by atoms with E-state index < -0.39 is 0 Å². The van der Waals surface area contributed by atoms with Crippen LogP contribution in [0.1, 0.15) is 17.5 Å². The first-order valence-corrected chi connectivity index (χ1v) is 8.80. The lowest BCUT2D eigenvalue weighted by molar-refractivity contribution is -0.118. The van der Waals surface area contributed by atoms with Gasteiger partial charge in [-0.1, -0.05) is 6.07 Å². The molecule has 0 unspecified atom stereocenters. The number of fused-ring (bicyclic) bond motifs is 1. The average Bonchev–Trinajstić information content (AvgIpc) is 3.32. The van der Waals surface area contributed by atoms with Crippen molar-refractivity contribution in [2.24, 2.45) is 0 Å². The van der Waals surface area contributed by atoms with E-state index >= 15 is 0 Å². The summed E-state index contributed by atoms with van der Waals surface area (Å²) >= 11 is 1.40. The van der Waals surface area contributed by atoms with Crippen LogP contribution in [0.3, 0.4) is 0 Å². The summed E-state index contributed by atoms with van der Waals surface area (Å²) in [4.78, 5) is 19.5. The van der Waals surface area contributed by atoms with Crippen molar-refractivity contribution in [3.8, 4) is 17.1 Å². The summed E-state index contributed by atoms with van der Waals surface area (Å²) in [5.41, 5.74) is 4.48. The first kappa shape index (κ1) is 15.0. The molecule has 0 saturated carbocycles. The molecule has 3 aromatic rings. The maximum atomic E-state index is 12.0. The van der Waals surface area contributed by atoms with E-state index in [1.54, 1.807) is 0 Å². The fourth-order valence-corrected chi connectivity index (χ4v) is 3.61. The second-order valence-corrected chi connectivity index (χ2v) is 6.60. The van der Waals surface area contributed by atoms with Gasteiger partial charge in [-0.05, 0) is 54.7 Å². The van der Waals surface area contributed by atoms with Crippen molar-refractivity contribution in [2.45, 2.75) is 19.3 Å². The van der Waals surface area contributed by atoms with Gasteiger partial charge in [0.25, 0.3) is 5.91 Å². The molecule has 0 spiro atoms. The van der Waals surface area contributed by atoms with Gasteiger partial charge < -0.3 is 9.72 Å². The predicted molar refractivity (Wildman–Crippen MR) is 94.5 cm³/mol. The molecular formula is C18H17N3O2S. The van der Waals surface area contributed by atoms with E-state index in [2.05, 4.69) is 21.4 Å². The number of nitrogens with zero attached hydrogens (tertiary/aromatic N) is 1. The van der Waals surface area contributed by atoms with Crippen LogP contribution < -0.4 is 10.1 Å². The molecule has 0 fully saturated rings. The van der Waals surface area contributed by atoms with E-state index in [9.17, 15) is 4.79 Å². The van der Waals surface area contributed by atoms with Crippen LogP contribution in [-0.2, 0) is 17.6 Å². The zero-order valence-corrected chi connectivity index (χ0v) is 13.9. The highest BCUT2D eigenvalue weighted by molar-refractivity contribution is 7.14. The van der Waals surface area contributed by atoms with Gasteiger partial charge in [-0.15, -0.1) is 11.3 Å². The monoisotopic (exact) mass is 339 g/mol. The van der Waals surface area contributed by atoms with Crippen molar-refractivity contribution < 1.29 is 9.53 Å². The number of hydrogen-bond donors (Lipinski definition) is 2. The lowest BCUT2D eigenvalue weighted by Gasteiger charge is -2.07. The Morgan fingerprint density at radius 3 is 3.08 bits per heavy atom. The Morgan fingerprint density at radius 2 is 2.21 bits per heavy atom. The SMILES string of the molecule is O=C(COc1ccc2c(c1)CCC2)Nc1nc(-c2ccc[nH]2)cs1. The third-order valence-electron chi connectivity index (χ3n) is 4.06. The van der Waals surface area contributed by atoms with Gasteiger partial charge in [-0.25, -0.2) is 4.98 Å². The van der Waals surface area contributed by atoms with Crippen LogP contribution in [0, 0.1) is 0 Å². The summed E-state index contributed by atoms with van der Waals surface area (Å²) in [7, 11) is 0. The Bertz CT molecular complexity index is 855. The van der Waals surface area contributed by atoms with Crippen LogP contribution in [0.4, 0.5) is 5.13 Å². The maximum Gasteiger partial charge on any atom is 0.264 e. The van der Waals surface area contributed by atoms with Gasteiger partial charge in [0, 0.05) is 11.6 Å². The number of benzene rings is 1. The van der Waals surface area contributed by atoms with E-state index in [4.69, 9.17) is 4.74 Å². The average molecular weight is 339 g/mol. The predicted octanol–water partition coefficient (Wildman–Crippen LogP) is 3.64. The van der Waals surface area contributed by atoms with Gasteiger partial charge >= 0.3 is 0 Å². The van der Waals surface area contributed by atoms with Crippen LogP contribution in [0.25, 0.3) is 11.4 Å². The third kappa shape index (κ3) is 3.19. The Balaban J connectivity index is 1.34. The Kier molecular flexibility index (Phi) is 4.04. The second kappa shape index (κ2) is 6.49. The second-order valence-electron chi connectivity index (χ2n) is 5.74. The van der Waals surface area contributed by atoms with Crippen molar-refractivity contribution >= 4 is 22.4 Å². The van der Waals surface area contributed by atoms with E-state index in [0.717, 1.165) is 30.0 Å². The number of thiazole rings is 1. The highest BCUT2D eigenvalue weighted by atomic mass is 32.1. The van der Waals surface area contributed by atoms with Crippen LogP contribution >= 0.6 is 11.3 Å². The van der Waals surface area contributed by atoms with Gasteiger partial charge in [-0.3, -0.25) is 10.1 Å². The van der Waals surface area contributed by atoms with E-state index in [0.29, 0.717) is 5.13 Å². The minimum absolute atomic E-state index is 0.0177. The normalized spacial score (nSPS) is 12.8. The largest absolute Gasteiger partial charge is 0.484 e. The van der Waals surface area contributed by atoms with Gasteiger partial charge in [0.05, 0.1) is 11.4 Å². The molecular weight excluding hydrogens is 322 g/mol. The molecule has 0 aliphatic heterocycles. The van der Waals surface area contributed by atoms with Gasteiger partial charge in [0.15, 0.2) is 11.7 Å². The van der Waals surface area contributed by atoms with Gasteiger partial charge in [0.1, 0.15) is 5.75 Å². The fraction of sp³-hybridized carbons (Fsp3) is 0.222. The number of anilines is 1. The first-order chi connectivity index (χ1) is 11.8. The molecule has 4 rings (SSSR count). The number of ether oxygens (including phenoxy) is 1.